The average molecular weight is 503 g/mol. The molecular formula is C35H54N2. The van der Waals surface area contributed by atoms with E-state index in [0.29, 0.717) is 5.92 Å². The molecule has 204 valence electrons. The Morgan fingerprint density at radius 1 is 0.649 bits per heavy atom. The van der Waals surface area contributed by atoms with E-state index < -0.39 is 0 Å². The Balaban J connectivity index is 1.14. The molecule has 0 aliphatic heterocycles. The van der Waals surface area contributed by atoms with E-state index in [9.17, 15) is 0 Å². The molecular weight excluding hydrogens is 448 g/mol. The van der Waals surface area contributed by atoms with Crippen LogP contribution in [0.15, 0.2) is 42.5 Å². The van der Waals surface area contributed by atoms with E-state index in [2.05, 4.69) is 37.3 Å². The number of anilines is 2. The van der Waals surface area contributed by atoms with Gasteiger partial charge in [-0.05, 0) is 104 Å². The van der Waals surface area contributed by atoms with Gasteiger partial charge in [-0.25, -0.2) is 0 Å². The maximum atomic E-state index is 6.59. The van der Waals surface area contributed by atoms with Crippen molar-refractivity contribution >= 4 is 11.4 Å². The fourth-order valence-corrected chi connectivity index (χ4v) is 7.46. The number of unbranched alkanes of at least 4 members (excludes halogenated alkanes) is 7. The summed E-state index contributed by atoms with van der Waals surface area (Å²) in [4.78, 5) is 0. The second-order valence-corrected chi connectivity index (χ2v) is 12.5. The summed E-state index contributed by atoms with van der Waals surface area (Å²) in [6, 6.07) is 15.0. The summed E-state index contributed by atoms with van der Waals surface area (Å²) in [5.41, 5.74) is 18.3. The topological polar surface area (TPSA) is 52.0 Å². The van der Waals surface area contributed by atoms with E-state index in [4.69, 9.17) is 11.5 Å². The molecule has 0 bridgehead atoms. The fraction of sp³-hybridized carbons (Fsp3) is 0.657. The minimum Gasteiger partial charge on any atom is -0.399 e. The zero-order valence-electron chi connectivity index (χ0n) is 23.7. The lowest BCUT2D eigenvalue weighted by molar-refractivity contribution is 0.155. The quantitative estimate of drug-likeness (QED) is 0.211. The molecule has 0 unspecified atom stereocenters. The van der Waals surface area contributed by atoms with Crippen LogP contribution in [0.1, 0.15) is 139 Å². The van der Waals surface area contributed by atoms with Gasteiger partial charge in [-0.3, -0.25) is 0 Å². The molecule has 2 aromatic rings. The largest absolute Gasteiger partial charge is 0.399 e. The molecule has 0 atom stereocenters. The van der Waals surface area contributed by atoms with Gasteiger partial charge in [-0.2, -0.15) is 0 Å². The predicted octanol–water partition coefficient (Wildman–Crippen LogP) is 10.1. The van der Waals surface area contributed by atoms with Gasteiger partial charge >= 0.3 is 0 Å². The third-order valence-corrected chi connectivity index (χ3v) is 9.75. The van der Waals surface area contributed by atoms with Gasteiger partial charge in [-0.1, -0.05) is 102 Å². The lowest BCUT2D eigenvalue weighted by Crippen LogP contribution is -2.25. The molecule has 0 radical (unpaired) electrons. The first-order valence-corrected chi connectivity index (χ1v) is 15.8. The van der Waals surface area contributed by atoms with Crippen LogP contribution in [0.5, 0.6) is 0 Å². The maximum Gasteiger partial charge on any atom is 0.0352 e. The summed E-state index contributed by atoms with van der Waals surface area (Å²) in [5, 5.41) is 0. The molecule has 2 saturated carbocycles. The van der Waals surface area contributed by atoms with E-state index in [-0.39, 0.29) is 0 Å². The van der Waals surface area contributed by atoms with Crippen molar-refractivity contribution in [2.75, 3.05) is 11.5 Å². The molecule has 2 aromatic carbocycles. The standard InChI is InChI=1S/C35H54N2/c1-2-3-4-5-6-7-8-9-11-27-14-17-30(18-15-27)31-19-21-32(22-20-31)34-23-16-29(26-35(34)37)24-28-12-10-13-33(36)25-28/h10,12-13,16,23,25-27,30-32H,2-9,11,14-15,17-22,24,36-37H2,1H3. The zero-order chi connectivity index (χ0) is 25.9. The number of rotatable bonds is 13. The van der Waals surface area contributed by atoms with Crippen molar-refractivity contribution in [2.45, 2.75) is 128 Å². The second-order valence-electron chi connectivity index (χ2n) is 12.5. The van der Waals surface area contributed by atoms with Crippen molar-refractivity contribution in [1.29, 1.82) is 0 Å². The summed E-state index contributed by atoms with van der Waals surface area (Å²) < 4.78 is 0. The summed E-state index contributed by atoms with van der Waals surface area (Å²) in [7, 11) is 0. The van der Waals surface area contributed by atoms with Crippen molar-refractivity contribution in [2.24, 2.45) is 17.8 Å². The van der Waals surface area contributed by atoms with Gasteiger partial charge in [0, 0.05) is 11.4 Å². The van der Waals surface area contributed by atoms with E-state index in [1.807, 2.05) is 12.1 Å². The highest BCUT2D eigenvalue weighted by Gasteiger charge is 2.31. The third-order valence-electron chi connectivity index (χ3n) is 9.75. The molecule has 0 saturated heterocycles. The molecule has 0 amide bonds. The first-order chi connectivity index (χ1) is 18.1. The zero-order valence-corrected chi connectivity index (χ0v) is 23.7. The van der Waals surface area contributed by atoms with Crippen LogP contribution in [-0.4, -0.2) is 0 Å². The van der Waals surface area contributed by atoms with Gasteiger partial charge < -0.3 is 11.5 Å². The molecule has 4 N–H and O–H groups in total. The molecule has 2 heteroatoms. The van der Waals surface area contributed by atoms with E-state index in [1.165, 1.54) is 126 Å². The van der Waals surface area contributed by atoms with Gasteiger partial charge in [0.25, 0.3) is 0 Å². The normalized spacial score (nSPS) is 24.2. The SMILES string of the molecule is CCCCCCCCCCC1CCC(C2CCC(c3ccc(Cc4cccc(N)c4)cc3N)CC2)CC1. The molecule has 0 aromatic heterocycles. The van der Waals surface area contributed by atoms with Crippen molar-refractivity contribution < 1.29 is 0 Å². The van der Waals surface area contributed by atoms with Crippen LogP contribution in [0, 0.1) is 17.8 Å². The van der Waals surface area contributed by atoms with Crippen LogP contribution < -0.4 is 11.5 Å². The number of nitrogens with two attached hydrogens (primary N) is 2. The van der Waals surface area contributed by atoms with Gasteiger partial charge in [-0.15, -0.1) is 0 Å². The monoisotopic (exact) mass is 502 g/mol. The van der Waals surface area contributed by atoms with Gasteiger partial charge in [0.1, 0.15) is 0 Å². The smallest absolute Gasteiger partial charge is 0.0352 e. The van der Waals surface area contributed by atoms with Gasteiger partial charge in [0.05, 0.1) is 0 Å². The van der Waals surface area contributed by atoms with Crippen LogP contribution in [0.25, 0.3) is 0 Å². The van der Waals surface area contributed by atoms with Crippen molar-refractivity contribution in [3.05, 3.63) is 59.2 Å². The Morgan fingerprint density at radius 3 is 1.92 bits per heavy atom. The fourth-order valence-electron chi connectivity index (χ4n) is 7.46. The highest BCUT2D eigenvalue weighted by Crippen LogP contribution is 2.45. The molecule has 2 fully saturated rings. The Hall–Kier alpha value is -1.96. The second kappa shape index (κ2) is 14.8. The first kappa shape index (κ1) is 28.1. The molecule has 0 heterocycles. The molecule has 37 heavy (non-hydrogen) atoms. The van der Waals surface area contributed by atoms with Gasteiger partial charge in [0.2, 0.25) is 0 Å². The summed E-state index contributed by atoms with van der Waals surface area (Å²) >= 11 is 0. The highest BCUT2D eigenvalue weighted by molar-refractivity contribution is 5.52. The maximum absolute atomic E-state index is 6.59. The van der Waals surface area contributed by atoms with E-state index in [0.717, 1.165) is 35.5 Å². The lowest BCUT2D eigenvalue weighted by Gasteiger charge is -2.38. The van der Waals surface area contributed by atoms with Crippen LogP contribution in [0.2, 0.25) is 0 Å². The lowest BCUT2D eigenvalue weighted by atomic mass is 9.68. The Morgan fingerprint density at radius 2 is 1.27 bits per heavy atom. The summed E-state index contributed by atoms with van der Waals surface area (Å²) in [6.07, 6.45) is 25.4. The molecule has 2 aliphatic carbocycles. The number of nitrogen functional groups attached to an aromatic ring is 2. The van der Waals surface area contributed by atoms with Gasteiger partial charge in [0.15, 0.2) is 0 Å². The van der Waals surface area contributed by atoms with Crippen LogP contribution in [-0.2, 0) is 6.42 Å². The Kier molecular flexibility index (Phi) is 11.3. The number of benzene rings is 2. The summed E-state index contributed by atoms with van der Waals surface area (Å²) in [6.45, 7) is 2.31. The van der Waals surface area contributed by atoms with Crippen molar-refractivity contribution in [3.8, 4) is 0 Å². The highest BCUT2D eigenvalue weighted by atomic mass is 14.6. The van der Waals surface area contributed by atoms with E-state index >= 15 is 0 Å². The van der Waals surface area contributed by atoms with Crippen molar-refractivity contribution in [3.63, 3.8) is 0 Å². The van der Waals surface area contributed by atoms with Crippen LogP contribution >= 0.6 is 0 Å². The first-order valence-electron chi connectivity index (χ1n) is 15.8. The van der Waals surface area contributed by atoms with Crippen molar-refractivity contribution in [1.82, 2.24) is 0 Å². The molecule has 2 aliphatic rings. The Labute approximate surface area is 228 Å². The molecule has 2 nitrogen and oxygen atoms in total. The number of hydrogen-bond donors (Lipinski definition) is 2. The van der Waals surface area contributed by atoms with Crippen LogP contribution in [0.3, 0.4) is 0 Å². The minimum atomic E-state index is 0.649. The number of hydrogen-bond acceptors (Lipinski definition) is 2. The average Bonchev–Trinajstić information content (AvgIpc) is 2.91. The Bertz CT molecular complexity index is 919. The molecule has 4 rings (SSSR count). The predicted molar refractivity (Wildman–Crippen MR) is 162 cm³/mol. The molecule has 0 spiro atoms. The van der Waals surface area contributed by atoms with E-state index in [1.54, 1.807) is 0 Å². The summed E-state index contributed by atoms with van der Waals surface area (Å²) in [5.74, 6) is 3.63. The van der Waals surface area contributed by atoms with Crippen LogP contribution in [0.4, 0.5) is 11.4 Å². The minimum absolute atomic E-state index is 0.649. The third kappa shape index (κ3) is 8.79.